The third kappa shape index (κ3) is 2.40. The molecule has 2 aliphatic rings. The van der Waals surface area contributed by atoms with Crippen molar-refractivity contribution in [3.05, 3.63) is 94.1 Å². The highest BCUT2D eigenvalue weighted by Crippen LogP contribution is 2.43. The Morgan fingerprint density at radius 1 is 1.00 bits per heavy atom. The SMILES string of the molecule is Cc1ccc2c(c1)CC1=CC(C#Cc3ccccc3)=CCC12. The smallest absolute Gasteiger partial charge is 0.0249 e. The van der Waals surface area contributed by atoms with E-state index in [0.29, 0.717) is 5.92 Å². The van der Waals surface area contributed by atoms with Crippen molar-refractivity contribution in [3.8, 4) is 11.8 Å². The van der Waals surface area contributed by atoms with E-state index in [1.165, 1.54) is 27.8 Å². The van der Waals surface area contributed by atoms with E-state index in [9.17, 15) is 0 Å². The van der Waals surface area contributed by atoms with Crippen molar-refractivity contribution in [1.29, 1.82) is 0 Å². The number of hydrogen-bond donors (Lipinski definition) is 0. The summed E-state index contributed by atoms with van der Waals surface area (Å²) in [5.74, 6) is 7.17. The van der Waals surface area contributed by atoms with E-state index in [1.807, 2.05) is 18.2 Å². The highest BCUT2D eigenvalue weighted by atomic mass is 14.3. The standard InChI is InChI=1S/C22H18/c1-16-7-11-21-19(13-16)15-20-14-18(10-12-22(20)21)9-8-17-5-3-2-4-6-17/h2-7,10-11,13-14,22H,12,15H2,1H3. The van der Waals surface area contributed by atoms with Gasteiger partial charge in [-0.3, -0.25) is 0 Å². The first kappa shape index (κ1) is 13.2. The number of hydrogen-bond acceptors (Lipinski definition) is 0. The minimum Gasteiger partial charge on any atom is -0.0679 e. The van der Waals surface area contributed by atoms with Gasteiger partial charge in [-0.25, -0.2) is 0 Å². The van der Waals surface area contributed by atoms with Crippen LogP contribution in [0.5, 0.6) is 0 Å². The van der Waals surface area contributed by atoms with E-state index >= 15 is 0 Å². The molecule has 2 aliphatic carbocycles. The zero-order valence-electron chi connectivity index (χ0n) is 12.8. The van der Waals surface area contributed by atoms with Gasteiger partial charge in [-0.2, -0.15) is 0 Å². The molecule has 0 saturated carbocycles. The Kier molecular flexibility index (Phi) is 3.20. The third-order valence-corrected chi connectivity index (χ3v) is 4.56. The second-order valence-corrected chi connectivity index (χ2v) is 6.16. The van der Waals surface area contributed by atoms with Gasteiger partial charge in [-0.05, 0) is 49.1 Å². The van der Waals surface area contributed by atoms with Crippen LogP contribution in [0, 0.1) is 18.8 Å². The molecule has 1 unspecified atom stereocenters. The zero-order chi connectivity index (χ0) is 14.9. The summed E-state index contributed by atoms with van der Waals surface area (Å²) in [7, 11) is 0. The molecule has 0 spiro atoms. The van der Waals surface area contributed by atoms with Crippen LogP contribution in [0.2, 0.25) is 0 Å². The molecular weight excluding hydrogens is 264 g/mol. The molecule has 1 atom stereocenters. The third-order valence-electron chi connectivity index (χ3n) is 4.56. The van der Waals surface area contributed by atoms with E-state index in [-0.39, 0.29) is 0 Å². The lowest BCUT2D eigenvalue weighted by Crippen LogP contribution is -2.00. The van der Waals surface area contributed by atoms with Crippen molar-refractivity contribution in [1.82, 2.24) is 0 Å². The summed E-state index contributed by atoms with van der Waals surface area (Å²) in [5.41, 5.74) is 8.15. The maximum Gasteiger partial charge on any atom is 0.0249 e. The number of benzene rings is 2. The molecule has 106 valence electrons. The van der Waals surface area contributed by atoms with Gasteiger partial charge in [0.05, 0.1) is 0 Å². The molecule has 2 aromatic rings. The molecule has 0 fully saturated rings. The predicted octanol–water partition coefficient (Wildman–Crippen LogP) is 4.94. The first-order chi connectivity index (χ1) is 10.8. The number of aryl methyl sites for hydroxylation is 1. The van der Waals surface area contributed by atoms with Crippen molar-refractivity contribution in [2.45, 2.75) is 25.7 Å². The monoisotopic (exact) mass is 282 g/mol. The molecule has 0 bridgehead atoms. The Morgan fingerprint density at radius 3 is 2.73 bits per heavy atom. The maximum absolute atomic E-state index is 3.32. The zero-order valence-corrected chi connectivity index (χ0v) is 12.8. The Hall–Kier alpha value is -2.52. The first-order valence-electron chi connectivity index (χ1n) is 7.87. The van der Waals surface area contributed by atoms with Gasteiger partial charge in [-0.15, -0.1) is 0 Å². The van der Waals surface area contributed by atoms with Crippen molar-refractivity contribution < 1.29 is 0 Å². The van der Waals surface area contributed by atoms with Crippen LogP contribution in [-0.4, -0.2) is 0 Å². The highest BCUT2D eigenvalue weighted by molar-refractivity contribution is 5.55. The van der Waals surface area contributed by atoms with Crippen molar-refractivity contribution in [3.63, 3.8) is 0 Å². The summed E-state index contributed by atoms with van der Waals surface area (Å²) in [4.78, 5) is 0. The van der Waals surface area contributed by atoms with Crippen molar-refractivity contribution in [2.75, 3.05) is 0 Å². The van der Waals surface area contributed by atoms with E-state index in [1.54, 1.807) is 0 Å². The van der Waals surface area contributed by atoms with Gasteiger partial charge in [0.2, 0.25) is 0 Å². The highest BCUT2D eigenvalue weighted by Gasteiger charge is 2.28. The Balaban J connectivity index is 1.60. The molecule has 0 N–H and O–H groups in total. The van der Waals surface area contributed by atoms with Crippen LogP contribution in [0.15, 0.2) is 71.8 Å². The molecule has 0 radical (unpaired) electrons. The second-order valence-electron chi connectivity index (χ2n) is 6.16. The topological polar surface area (TPSA) is 0 Å². The summed E-state index contributed by atoms with van der Waals surface area (Å²) in [6.07, 6.45) is 6.77. The van der Waals surface area contributed by atoms with Crippen LogP contribution in [0.25, 0.3) is 0 Å². The molecule has 0 heteroatoms. The summed E-state index contributed by atoms with van der Waals surface area (Å²) >= 11 is 0. The lowest BCUT2D eigenvalue weighted by Gasteiger charge is -2.16. The quantitative estimate of drug-likeness (QED) is 0.600. The minimum atomic E-state index is 0.581. The number of fused-ring (bicyclic) bond motifs is 3. The van der Waals surface area contributed by atoms with E-state index in [2.05, 4.69) is 61.2 Å². The molecule has 0 nitrogen and oxygen atoms in total. The summed E-state index contributed by atoms with van der Waals surface area (Å²) in [6, 6.07) is 17.1. The average molecular weight is 282 g/mol. The van der Waals surface area contributed by atoms with Crippen molar-refractivity contribution in [2.24, 2.45) is 0 Å². The Morgan fingerprint density at radius 2 is 1.86 bits per heavy atom. The van der Waals surface area contributed by atoms with Gasteiger partial charge in [0.15, 0.2) is 0 Å². The van der Waals surface area contributed by atoms with Gasteiger partial charge in [0.25, 0.3) is 0 Å². The second kappa shape index (κ2) is 5.35. The molecule has 22 heavy (non-hydrogen) atoms. The summed E-state index contributed by atoms with van der Waals surface area (Å²) < 4.78 is 0. The molecule has 4 rings (SSSR count). The summed E-state index contributed by atoms with van der Waals surface area (Å²) in [5, 5.41) is 0. The lowest BCUT2D eigenvalue weighted by atomic mass is 9.88. The first-order valence-corrected chi connectivity index (χ1v) is 7.87. The molecular formula is C22H18. The van der Waals surface area contributed by atoms with Crippen LogP contribution in [0.3, 0.4) is 0 Å². The Labute approximate surface area is 132 Å². The average Bonchev–Trinajstić information content (AvgIpc) is 2.90. The van der Waals surface area contributed by atoms with Crippen LogP contribution in [0.4, 0.5) is 0 Å². The van der Waals surface area contributed by atoms with E-state index in [0.717, 1.165) is 18.4 Å². The summed E-state index contributed by atoms with van der Waals surface area (Å²) in [6.45, 7) is 2.17. The largest absolute Gasteiger partial charge is 0.0679 e. The molecule has 0 aliphatic heterocycles. The molecule has 0 saturated heterocycles. The van der Waals surface area contributed by atoms with Crippen LogP contribution in [0.1, 0.15) is 34.6 Å². The van der Waals surface area contributed by atoms with Gasteiger partial charge < -0.3 is 0 Å². The maximum atomic E-state index is 3.32. The lowest BCUT2D eigenvalue weighted by molar-refractivity contribution is 0.817. The fourth-order valence-electron chi connectivity index (χ4n) is 3.46. The van der Waals surface area contributed by atoms with Crippen LogP contribution in [-0.2, 0) is 6.42 Å². The van der Waals surface area contributed by atoms with Crippen molar-refractivity contribution >= 4 is 0 Å². The Bertz CT molecular complexity index is 839. The molecule has 0 aromatic heterocycles. The molecule has 2 aromatic carbocycles. The van der Waals surface area contributed by atoms with Crippen LogP contribution < -0.4 is 0 Å². The molecule has 0 amide bonds. The van der Waals surface area contributed by atoms with Gasteiger partial charge in [-0.1, -0.05) is 65.5 Å². The fourth-order valence-corrected chi connectivity index (χ4v) is 3.46. The molecule has 0 heterocycles. The number of allylic oxidation sites excluding steroid dienone is 4. The minimum absolute atomic E-state index is 0.581. The fraction of sp³-hybridized carbons (Fsp3) is 0.182. The van der Waals surface area contributed by atoms with Gasteiger partial charge >= 0.3 is 0 Å². The van der Waals surface area contributed by atoms with Gasteiger partial charge in [0, 0.05) is 17.1 Å². The normalized spacial score (nSPS) is 18.5. The van der Waals surface area contributed by atoms with Gasteiger partial charge in [0.1, 0.15) is 0 Å². The van der Waals surface area contributed by atoms with Crippen LogP contribution >= 0.6 is 0 Å². The predicted molar refractivity (Wildman–Crippen MR) is 91.7 cm³/mol. The number of rotatable bonds is 0. The van der Waals surface area contributed by atoms with E-state index in [4.69, 9.17) is 0 Å². The van der Waals surface area contributed by atoms with E-state index < -0.39 is 0 Å².